The topological polar surface area (TPSA) is 83.5 Å². The third-order valence-corrected chi connectivity index (χ3v) is 5.58. The van der Waals surface area contributed by atoms with Crippen LogP contribution >= 0.6 is 11.3 Å². The van der Waals surface area contributed by atoms with Gasteiger partial charge >= 0.3 is 5.97 Å². The van der Waals surface area contributed by atoms with E-state index in [9.17, 15) is 13.2 Å². The molecule has 1 heterocycles. The molecule has 5 nitrogen and oxygen atoms in total. The molecule has 0 aliphatic carbocycles. The molecule has 0 atom stereocenters. The smallest absolute Gasteiger partial charge is 0.335 e. The summed E-state index contributed by atoms with van der Waals surface area (Å²) >= 11 is 1.45. The minimum atomic E-state index is -3.75. The summed E-state index contributed by atoms with van der Waals surface area (Å²) in [5.41, 5.74) is 1.15. The van der Waals surface area contributed by atoms with E-state index in [0.717, 1.165) is 4.88 Å². The summed E-state index contributed by atoms with van der Waals surface area (Å²) in [5, 5.41) is 10.9. The molecule has 0 saturated heterocycles. The minimum Gasteiger partial charge on any atom is -0.478 e. The first kappa shape index (κ1) is 15.7. The number of benzene rings is 1. The second kappa shape index (κ2) is 5.97. The first-order valence-electron chi connectivity index (χ1n) is 6.18. The molecular formula is C14H15NO4S2. The van der Waals surface area contributed by atoms with Crippen LogP contribution in [-0.4, -0.2) is 19.5 Å². The number of carboxylic acid groups (broad SMARTS) is 1. The Morgan fingerprint density at radius 1 is 1.33 bits per heavy atom. The highest BCUT2D eigenvalue weighted by molar-refractivity contribution is 7.89. The van der Waals surface area contributed by atoms with Crippen molar-refractivity contribution in [3.63, 3.8) is 0 Å². The molecule has 21 heavy (non-hydrogen) atoms. The zero-order chi connectivity index (χ0) is 15.6. The van der Waals surface area contributed by atoms with Crippen molar-refractivity contribution in [2.75, 3.05) is 0 Å². The molecule has 0 bridgehead atoms. The first-order chi connectivity index (χ1) is 9.81. The van der Waals surface area contributed by atoms with Gasteiger partial charge in [0.2, 0.25) is 10.0 Å². The summed E-state index contributed by atoms with van der Waals surface area (Å²) in [5.74, 6) is -1.15. The van der Waals surface area contributed by atoms with Crippen molar-refractivity contribution in [2.45, 2.75) is 25.3 Å². The van der Waals surface area contributed by atoms with Gasteiger partial charge in [-0.15, -0.1) is 11.3 Å². The Labute approximate surface area is 127 Å². The van der Waals surface area contributed by atoms with Crippen molar-refractivity contribution < 1.29 is 18.3 Å². The highest BCUT2D eigenvalue weighted by Gasteiger charge is 2.20. The zero-order valence-corrected chi connectivity index (χ0v) is 13.2. The zero-order valence-electron chi connectivity index (χ0n) is 11.6. The lowest BCUT2D eigenvalue weighted by molar-refractivity contribution is 0.0696. The largest absolute Gasteiger partial charge is 0.478 e. The van der Waals surface area contributed by atoms with Crippen LogP contribution in [0, 0.1) is 13.8 Å². The molecule has 7 heteroatoms. The number of rotatable bonds is 5. The van der Waals surface area contributed by atoms with E-state index in [2.05, 4.69) is 4.72 Å². The standard InChI is InChI=1S/C14H15NO4S2/c1-9-6-11(14(16)17)7-13(10(9)2)21(18,19)15-8-12-4-3-5-20-12/h3-7,15H,8H2,1-2H3,(H,16,17). The number of aryl methyl sites for hydroxylation is 1. The van der Waals surface area contributed by atoms with E-state index in [0.29, 0.717) is 11.1 Å². The molecule has 2 rings (SSSR count). The van der Waals surface area contributed by atoms with Gasteiger partial charge in [0.1, 0.15) is 0 Å². The van der Waals surface area contributed by atoms with E-state index in [4.69, 9.17) is 5.11 Å². The van der Waals surface area contributed by atoms with Gasteiger partial charge in [0.25, 0.3) is 0 Å². The van der Waals surface area contributed by atoms with Crippen molar-refractivity contribution in [3.8, 4) is 0 Å². The third-order valence-electron chi connectivity index (χ3n) is 3.17. The molecule has 0 radical (unpaired) electrons. The molecule has 0 aliphatic heterocycles. The number of thiophene rings is 1. The van der Waals surface area contributed by atoms with E-state index < -0.39 is 16.0 Å². The van der Waals surface area contributed by atoms with E-state index in [1.54, 1.807) is 13.8 Å². The minimum absolute atomic E-state index is 0.0106. The lowest BCUT2D eigenvalue weighted by Gasteiger charge is -2.12. The molecule has 112 valence electrons. The molecule has 0 amide bonds. The van der Waals surface area contributed by atoms with E-state index in [-0.39, 0.29) is 17.0 Å². The lowest BCUT2D eigenvalue weighted by Crippen LogP contribution is -2.24. The van der Waals surface area contributed by atoms with Gasteiger partial charge in [-0.25, -0.2) is 17.9 Å². The molecule has 0 unspecified atom stereocenters. The Bertz CT molecular complexity index is 765. The molecule has 1 aromatic heterocycles. The van der Waals surface area contributed by atoms with Crippen LogP contribution in [0.5, 0.6) is 0 Å². The van der Waals surface area contributed by atoms with Gasteiger partial charge in [0.15, 0.2) is 0 Å². The molecule has 2 N–H and O–H groups in total. The first-order valence-corrected chi connectivity index (χ1v) is 8.54. The third kappa shape index (κ3) is 3.49. The van der Waals surface area contributed by atoms with Crippen molar-refractivity contribution in [2.24, 2.45) is 0 Å². The quantitative estimate of drug-likeness (QED) is 0.885. The predicted molar refractivity (Wildman–Crippen MR) is 81.2 cm³/mol. The average molecular weight is 325 g/mol. The number of aromatic carboxylic acids is 1. The van der Waals surface area contributed by atoms with Crippen LogP contribution in [0.2, 0.25) is 0 Å². The van der Waals surface area contributed by atoms with Crippen LogP contribution in [0.15, 0.2) is 34.5 Å². The average Bonchev–Trinajstić information content (AvgIpc) is 2.92. The predicted octanol–water partition coefficient (Wildman–Crippen LogP) is 2.54. The number of sulfonamides is 1. The normalized spacial score (nSPS) is 11.5. The summed E-state index contributed by atoms with van der Waals surface area (Å²) in [6, 6.07) is 6.34. The molecule has 0 saturated carbocycles. The number of hydrogen-bond acceptors (Lipinski definition) is 4. The highest BCUT2D eigenvalue weighted by atomic mass is 32.2. The number of carbonyl (C=O) groups is 1. The Hall–Kier alpha value is -1.70. The maximum atomic E-state index is 12.4. The molecule has 0 aliphatic rings. The Kier molecular flexibility index (Phi) is 4.46. The number of carboxylic acids is 1. The van der Waals surface area contributed by atoms with Gasteiger partial charge < -0.3 is 5.11 Å². The fraction of sp³-hybridized carbons (Fsp3) is 0.214. The summed E-state index contributed by atoms with van der Waals surface area (Å²) in [7, 11) is -3.75. The lowest BCUT2D eigenvalue weighted by atomic mass is 10.1. The van der Waals surface area contributed by atoms with Gasteiger partial charge in [-0.3, -0.25) is 0 Å². The molecule has 1 aromatic carbocycles. The summed E-state index contributed by atoms with van der Waals surface area (Å²) in [4.78, 5) is 12.0. The molecule has 0 fully saturated rings. The van der Waals surface area contributed by atoms with Gasteiger partial charge in [-0.1, -0.05) is 6.07 Å². The van der Waals surface area contributed by atoms with E-state index in [1.165, 1.54) is 23.5 Å². The Balaban J connectivity index is 2.37. The fourth-order valence-corrected chi connectivity index (χ4v) is 3.97. The number of hydrogen-bond donors (Lipinski definition) is 2. The van der Waals surface area contributed by atoms with Crippen molar-refractivity contribution in [1.82, 2.24) is 4.72 Å². The second-order valence-electron chi connectivity index (χ2n) is 4.63. The van der Waals surface area contributed by atoms with Crippen molar-refractivity contribution >= 4 is 27.3 Å². The SMILES string of the molecule is Cc1cc(C(=O)O)cc(S(=O)(=O)NCc2cccs2)c1C. The van der Waals surface area contributed by atoms with Gasteiger partial charge in [0.05, 0.1) is 10.5 Å². The summed E-state index contributed by atoms with van der Waals surface area (Å²) < 4.78 is 27.3. The highest BCUT2D eigenvalue weighted by Crippen LogP contribution is 2.21. The monoisotopic (exact) mass is 325 g/mol. The van der Waals surface area contributed by atoms with E-state index >= 15 is 0 Å². The maximum absolute atomic E-state index is 12.4. The molecular weight excluding hydrogens is 310 g/mol. The van der Waals surface area contributed by atoms with Gasteiger partial charge in [0, 0.05) is 11.4 Å². The summed E-state index contributed by atoms with van der Waals surface area (Å²) in [6.45, 7) is 3.55. The molecule has 2 aromatic rings. The molecule has 0 spiro atoms. The van der Waals surface area contributed by atoms with E-state index in [1.807, 2.05) is 17.5 Å². The van der Waals surface area contributed by atoms with Crippen molar-refractivity contribution in [3.05, 3.63) is 51.2 Å². The second-order valence-corrected chi connectivity index (χ2v) is 7.39. The number of nitrogens with one attached hydrogen (secondary N) is 1. The van der Waals surface area contributed by atoms with Gasteiger partial charge in [-0.05, 0) is 48.6 Å². The maximum Gasteiger partial charge on any atom is 0.335 e. The van der Waals surface area contributed by atoms with Crippen LogP contribution in [0.4, 0.5) is 0 Å². The van der Waals surface area contributed by atoms with Crippen molar-refractivity contribution in [1.29, 1.82) is 0 Å². The van der Waals surface area contributed by atoms with Crippen LogP contribution in [0.1, 0.15) is 26.4 Å². The van der Waals surface area contributed by atoms with Crippen LogP contribution < -0.4 is 4.72 Å². The Morgan fingerprint density at radius 2 is 2.05 bits per heavy atom. The summed E-state index contributed by atoms with van der Waals surface area (Å²) in [6.07, 6.45) is 0. The van der Waals surface area contributed by atoms with Gasteiger partial charge in [-0.2, -0.15) is 0 Å². The van der Waals surface area contributed by atoms with Crippen LogP contribution in [-0.2, 0) is 16.6 Å². The Morgan fingerprint density at radius 3 is 2.62 bits per heavy atom. The van der Waals surface area contributed by atoms with Crippen LogP contribution in [0.25, 0.3) is 0 Å². The van der Waals surface area contributed by atoms with Crippen LogP contribution in [0.3, 0.4) is 0 Å². The fourth-order valence-electron chi connectivity index (χ4n) is 1.89.